The highest BCUT2D eigenvalue weighted by molar-refractivity contribution is 6.28. The second-order valence-electron chi connectivity index (χ2n) is 4.13. The first kappa shape index (κ1) is 11.2. The summed E-state index contributed by atoms with van der Waals surface area (Å²) in [6.45, 7) is 6.67. The predicted molar refractivity (Wildman–Crippen MR) is 56.5 cm³/mol. The Morgan fingerprint density at radius 1 is 1.57 bits per heavy atom. The quantitative estimate of drug-likeness (QED) is 0.732. The molecule has 0 unspecified atom stereocenters. The van der Waals surface area contributed by atoms with E-state index in [1.54, 1.807) is 0 Å². The van der Waals surface area contributed by atoms with Crippen LogP contribution in [0.3, 0.4) is 0 Å². The van der Waals surface area contributed by atoms with Gasteiger partial charge >= 0.3 is 0 Å². The van der Waals surface area contributed by atoms with Gasteiger partial charge in [0.15, 0.2) is 0 Å². The molecule has 0 aliphatic carbocycles. The third-order valence-corrected chi connectivity index (χ3v) is 1.74. The normalized spacial score (nSPS) is 11.7. The van der Waals surface area contributed by atoms with E-state index in [0.717, 1.165) is 0 Å². The molecule has 0 bridgehead atoms. The predicted octanol–water partition coefficient (Wildman–Crippen LogP) is 1.31. The molecule has 1 rings (SSSR count). The van der Waals surface area contributed by atoms with Crippen LogP contribution in [0.1, 0.15) is 26.5 Å². The zero-order chi connectivity index (χ0) is 10.8. The second kappa shape index (κ2) is 4.11. The summed E-state index contributed by atoms with van der Waals surface area (Å²) >= 11 is 5.61. The van der Waals surface area contributed by atoms with Crippen LogP contribution in [0, 0.1) is 0 Å². The fourth-order valence-corrected chi connectivity index (χ4v) is 1.12. The lowest BCUT2D eigenvalue weighted by Gasteiger charge is -2.19. The molecule has 0 radical (unpaired) electrons. The summed E-state index contributed by atoms with van der Waals surface area (Å²) in [5, 5.41) is 3.35. The number of aromatic amines is 1. The van der Waals surface area contributed by atoms with Crippen LogP contribution in [0.25, 0.3) is 0 Å². The average molecular weight is 216 g/mol. The molecule has 1 aromatic heterocycles. The fourth-order valence-electron chi connectivity index (χ4n) is 0.922. The maximum Gasteiger partial charge on any atom is 0.252 e. The van der Waals surface area contributed by atoms with E-state index in [0.29, 0.717) is 12.2 Å². The van der Waals surface area contributed by atoms with E-state index >= 15 is 0 Å². The van der Waals surface area contributed by atoms with Crippen molar-refractivity contribution in [3.05, 3.63) is 27.4 Å². The van der Waals surface area contributed by atoms with Crippen molar-refractivity contribution < 1.29 is 0 Å². The van der Waals surface area contributed by atoms with Gasteiger partial charge in [0.05, 0.1) is 5.69 Å². The molecule has 0 atom stereocenters. The van der Waals surface area contributed by atoms with Crippen molar-refractivity contribution in [1.29, 1.82) is 0 Å². The first-order valence-corrected chi connectivity index (χ1v) is 4.75. The van der Waals surface area contributed by atoms with E-state index in [4.69, 9.17) is 11.6 Å². The summed E-state index contributed by atoms with van der Waals surface area (Å²) in [6.07, 6.45) is 0. The maximum absolute atomic E-state index is 11.0. The van der Waals surface area contributed by atoms with Crippen LogP contribution in [0.15, 0.2) is 10.9 Å². The highest BCUT2D eigenvalue weighted by Crippen LogP contribution is 2.02. The minimum Gasteiger partial charge on any atom is -0.306 e. The lowest BCUT2D eigenvalue weighted by Crippen LogP contribution is -2.35. The third-order valence-electron chi connectivity index (χ3n) is 1.57. The van der Waals surface area contributed by atoms with Gasteiger partial charge in [0.25, 0.3) is 5.56 Å². The van der Waals surface area contributed by atoms with Gasteiger partial charge in [0, 0.05) is 18.2 Å². The van der Waals surface area contributed by atoms with Crippen molar-refractivity contribution in [2.75, 3.05) is 0 Å². The molecule has 14 heavy (non-hydrogen) atoms. The lowest BCUT2D eigenvalue weighted by atomic mass is 10.1. The number of rotatable bonds is 2. The van der Waals surface area contributed by atoms with Crippen LogP contribution in [-0.2, 0) is 6.54 Å². The van der Waals surface area contributed by atoms with Gasteiger partial charge in [0.2, 0.25) is 5.28 Å². The average Bonchev–Trinajstić information content (AvgIpc) is 1.97. The summed E-state index contributed by atoms with van der Waals surface area (Å²) < 4.78 is 0. The van der Waals surface area contributed by atoms with Crippen molar-refractivity contribution >= 4 is 11.6 Å². The highest BCUT2D eigenvalue weighted by atomic mass is 35.5. The lowest BCUT2D eigenvalue weighted by molar-refractivity contribution is 0.421. The molecule has 78 valence electrons. The van der Waals surface area contributed by atoms with Crippen LogP contribution < -0.4 is 10.9 Å². The molecule has 0 fully saturated rings. The van der Waals surface area contributed by atoms with Crippen LogP contribution in [0.4, 0.5) is 0 Å². The Kier molecular flexibility index (Phi) is 3.29. The number of nitrogens with zero attached hydrogens (tertiary/aromatic N) is 1. The van der Waals surface area contributed by atoms with E-state index in [1.807, 2.05) is 20.8 Å². The number of H-pyrrole nitrogens is 1. The largest absolute Gasteiger partial charge is 0.306 e. The van der Waals surface area contributed by atoms with Crippen molar-refractivity contribution in [2.45, 2.75) is 32.9 Å². The molecule has 1 aromatic rings. The first-order valence-electron chi connectivity index (χ1n) is 4.37. The topological polar surface area (TPSA) is 57.8 Å². The maximum atomic E-state index is 11.0. The first-order chi connectivity index (χ1) is 6.37. The van der Waals surface area contributed by atoms with Crippen LogP contribution in [0.2, 0.25) is 5.28 Å². The minimum absolute atomic E-state index is 0.00321. The molecule has 0 aromatic carbocycles. The van der Waals surface area contributed by atoms with Crippen molar-refractivity contribution in [3.8, 4) is 0 Å². The molecule has 0 aliphatic rings. The molecule has 0 spiro atoms. The van der Waals surface area contributed by atoms with Gasteiger partial charge in [-0.15, -0.1) is 0 Å². The second-order valence-corrected chi connectivity index (χ2v) is 4.49. The molecule has 1 heterocycles. The monoisotopic (exact) mass is 215 g/mol. The number of aromatic nitrogens is 2. The standard InChI is InChI=1S/C9H14ClN3O/c1-9(2,3)11-5-6-4-7(14)13-8(10)12-6/h4,11H,5H2,1-3H3,(H,12,13,14). The molecule has 0 amide bonds. The third kappa shape index (κ3) is 3.89. The van der Waals surface area contributed by atoms with Crippen LogP contribution in [-0.4, -0.2) is 15.5 Å². The number of halogens is 1. The van der Waals surface area contributed by atoms with Crippen molar-refractivity contribution in [3.63, 3.8) is 0 Å². The van der Waals surface area contributed by atoms with E-state index in [-0.39, 0.29) is 16.4 Å². The molecule has 5 heteroatoms. The Morgan fingerprint density at radius 2 is 2.21 bits per heavy atom. The van der Waals surface area contributed by atoms with Gasteiger partial charge in [-0.2, -0.15) is 0 Å². The molecule has 0 saturated heterocycles. The van der Waals surface area contributed by atoms with Crippen LogP contribution in [0.5, 0.6) is 0 Å². The molecule has 2 N–H and O–H groups in total. The summed E-state index contributed by atoms with van der Waals surface area (Å²) in [7, 11) is 0. The molecule has 0 aliphatic heterocycles. The fraction of sp³-hybridized carbons (Fsp3) is 0.556. The zero-order valence-corrected chi connectivity index (χ0v) is 9.27. The summed E-state index contributed by atoms with van der Waals surface area (Å²) in [5.41, 5.74) is 0.418. The Labute approximate surface area is 87.7 Å². The summed E-state index contributed by atoms with van der Waals surface area (Å²) in [6, 6.07) is 1.44. The van der Waals surface area contributed by atoms with E-state index in [1.165, 1.54) is 6.07 Å². The number of hydrogen-bond donors (Lipinski definition) is 2. The van der Waals surface area contributed by atoms with Crippen molar-refractivity contribution in [2.24, 2.45) is 0 Å². The number of hydrogen-bond acceptors (Lipinski definition) is 3. The molecular weight excluding hydrogens is 202 g/mol. The minimum atomic E-state index is -0.226. The summed E-state index contributed by atoms with van der Waals surface area (Å²) in [4.78, 5) is 17.4. The highest BCUT2D eigenvalue weighted by Gasteiger charge is 2.09. The van der Waals surface area contributed by atoms with Crippen molar-refractivity contribution in [1.82, 2.24) is 15.3 Å². The van der Waals surface area contributed by atoms with Crippen LogP contribution >= 0.6 is 11.6 Å². The zero-order valence-electron chi connectivity index (χ0n) is 8.52. The van der Waals surface area contributed by atoms with E-state index in [9.17, 15) is 4.79 Å². The van der Waals surface area contributed by atoms with E-state index in [2.05, 4.69) is 15.3 Å². The molecule has 4 nitrogen and oxygen atoms in total. The Morgan fingerprint density at radius 3 is 2.71 bits per heavy atom. The number of nitrogens with one attached hydrogen (secondary N) is 2. The van der Waals surface area contributed by atoms with Gasteiger partial charge < -0.3 is 5.32 Å². The van der Waals surface area contributed by atoms with Gasteiger partial charge in [-0.3, -0.25) is 9.78 Å². The molecular formula is C9H14ClN3O. The summed E-state index contributed by atoms with van der Waals surface area (Å²) in [5.74, 6) is 0. The Balaban J connectivity index is 2.73. The Bertz CT molecular complexity index is 367. The van der Waals surface area contributed by atoms with Gasteiger partial charge in [-0.1, -0.05) is 0 Å². The van der Waals surface area contributed by atoms with Gasteiger partial charge in [-0.25, -0.2) is 4.98 Å². The molecule has 0 saturated carbocycles. The van der Waals surface area contributed by atoms with Gasteiger partial charge in [-0.05, 0) is 32.4 Å². The Hall–Kier alpha value is -0.870. The SMILES string of the molecule is CC(C)(C)NCc1cc(=O)[nH]c(Cl)n1. The van der Waals surface area contributed by atoms with Gasteiger partial charge in [0.1, 0.15) is 0 Å². The van der Waals surface area contributed by atoms with E-state index < -0.39 is 0 Å². The smallest absolute Gasteiger partial charge is 0.252 e.